The van der Waals surface area contributed by atoms with Crippen molar-refractivity contribution in [3.05, 3.63) is 34.4 Å². The molecular formula is C13H12F2N4OS. The fourth-order valence-electron chi connectivity index (χ4n) is 2.34. The van der Waals surface area contributed by atoms with E-state index in [1.54, 1.807) is 12.3 Å². The summed E-state index contributed by atoms with van der Waals surface area (Å²) in [6, 6.07) is 4.32. The minimum atomic E-state index is -0.538. The zero-order valence-electron chi connectivity index (χ0n) is 11.2. The predicted octanol–water partition coefficient (Wildman–Crippen LogP) is 2.26. The maximum absolute atomic E-state index is 14.2. The fourth-order valence-corrected chi connectivity index (χ4v) is 2.81. The molecule has 0 saturated heterocycles. The molecule has 0 bridgehead atoms. The van der Waals surface area contributed by atoms with E-state index < -0.39 is 12.5 Å². The van der Waals surface area contributed by atoms with Gasteiger partial charge in [-0.1, -0.05) is 17.8 Å². The van der Waals surface area contributed by atoms with Crippen molar-refractivity contribution < 1.29 is 8.78 Å². The van der Waals surface area contributed by atoms with Crippen LogP contribution in [0.5, 0.6) is 0 Å². The number of aromatic nitrogens is 4. The molecule has 0 aliphatic rings. The molecule has 0 aliphatic heterocycles. The number of benzene rings is 1. The summed E-state index contributed by atoms with van der Waals surface area (Å²) in [6.45, 7) is -0.360. The number of para-hydroxylation sites is 1. The molecule has 0 aliphatic carbocycles. The summed E-state index contributed by atoms with van der Waals surface area (Å²) in [5, 5.41) is 8.64. The lowest BCUT2D eigenvalue weighted by Gasteiger charge is -2.10. The zero-order chi connectivity index (χ0) is 15.0. The summed E-state index contributed by atoms with van der Waals surface area (Å²) >= 11 is 1.30. The predicted molar refractivity (Wildman–Crippen MR) is 77.1 cm³/mol. The van der Waals surface area contributed by atoms with Crippen LogP contribution in [0, 0.1) is 5.82 Å². The number of hydrogen-bond donors (Lipinski definition) is 0. The van der Waals surface area contributed by atoms with Crippen molar-refractivity contribution in [3.63, 3.8) is 0 Å². The molecule has 5 nitrogen and oxygen atoms in total. The summed E-state index contributed by atoms with van der Waals surface area (Å²) in [7, 11) is 0. The molecule has 0 saturated carbocycles. The van der Waals surface area contributed by atoms with Gasteiger partial charge in [0.05, 0.1) is 17.6 Å². The smallest absolute Gasteiger partial charge is 0.262 e. The van der Waals surface area contributed by atoms with Gasteiger partial charge >= 0.3 is 0 Å². The van der Waals surface area contributed by atoms with E-state index in [4.69, 9.17) is 0 Å². The SMILES string of the molecule is CSc1nnc2n(CCCF)c(=O)c3cccc(F)c3n12. The summed E-state index contributed by atoms with van der Waals surface area (Å²) in [5.74, 6) is -0.280. The standard InChI is InChI=1S/C13H12F2N4OS/c1-21-13-17-16-12-18(7-3-6-14)11(20)8-4-2-5-9(15)10(8)19(12)13/h2,4-5H,3,6-7H2,1H3. The van der Waals surface area contributed by atoms with Crippen LogP contribution in [0.3, 0.4) is 0 Å². The van der Waals surface area contributed by atoms with Gasteiger partial charge in [0.2, 0.25) is 5.78 Å². The average Bonchev–Trinajstić information content (AvgIpc) is 2.91. The first-order chi connectivity index (χ1) is 10.2. The van der Waals surface area contributed by atoms with Crippen molar-refractivity contribution in [1.82, 2.24) is 19.2 Å². The van der Waals surface area contributed by atoms with Gasteiger partial charge in [-0.05, 0) is 24.8 Å². The minimum absolute atomic E-state index is 0.156. The van der Waals surface area contributed by atoms with Gasteiger partial charge in [0.1, 0.15) is 5.82 Å². The molecule has 2 heterocycles. The van der Waals surface area contributed by atoms with Crippen LogP contribution < -0.4 is 5.56 Å². The Bertz CT molecular complexity index is 874. The van der Waals surface area contributed by atoms with Gasteiger partial charge in [0.25, 0.3) is 5.56 Å². The monoisotopic (exact) mass is 310 g/mol. The molecular weight excluding hydrogens is 298 g/mol. The number of alkyl halides is 1. The zero-order valence-corrected chi connectivity index (χ0v) is 12.0. The van der Waals surface area contributed by atoms with Gasteiger partial charge in [-0.25, -0.2) is 4.39 Å². The summed E-state index contributed by atoms with van der Waals surface area (Å²) in [6.07, 6.45) is 1.98. The van der Waals surface area contributed by atoms with Gasteiger partial charge in [-0.3, -0.25) is 18.2 Å². The Kier molecular flexibility index (Phi) is 3.62. The summed E-state index contributed by atoms with van der Waals surface area (Å²) in [4.78, 5) is 12.5. The van der Waals surface area contributed by atoms with Crippen molar-refractivity contribution >= 4 is 28.4 Å². The Balaban J connectivity index is 2.50. The molecule has 3 rings (SSSR count). The fraction of sp³-hybridized carbons (Fsp3) is 0.308. The number of nitrogens with zero attached hydrogens (tertiary/aromatic N) is 4. The normalized spacial score (nSPS) is 11.6. The van der Waals surface area contributed by atoms with E-state index >= 15 is 0 Å². The van der Waals surface area contributed by atoms with Crippen molar-refractivity contribution in [3.8, 4) is 0 Å². The first-order valence-corrected chi connectivity index (χ1v) is 7.57. The first-order valence-electron chi connectivity index (χ1n) is 6.35. The molecule has 0 unspecified atom stereocenters. The number of halogens is 2. The van der Waals surface area contributed by atoms with Crippen LogP contribution in [0.4, 0.5) is 8.78 Å². The Hall–Kier alpha value is -1.96. The van der Waals surface area contributed by atoms with Crippen LogP contribution in [-0.2, 0) is 6.54 Å². The van der Waals surface area contributed by atoms with E-state index in [1.165, 1.54) is 32.9 Å². The molecule has 8 heteroatoms. The Labute approximate surface area is 122 Å². The highest BCUT2D eigenvalue weighted by Crippen LogP contribution is 2.21. The van der Waals surface area contributed by atoms with Crippen molar-refractivity contribution in [2.24, 2.45) is 0 Å². The lowest BCUT2D eigenvalue weighted by molar-refractivity contribution is 0.445. The highest BCUT2D eigenvalue weighted by molar-refractivity contribution is 7.98. The summed E-state index contributed by atoms with van der Waals surface area (Å²) < 4.78 is 29.5. The van der Waals surface area contributed by atoms with Crippen LogP contribution in [0.2, 0.25) is 0 Å². The first kappa shape index (κ1) is 14.0. The molecule has 0 amide bonds. The molecule has 21 heavy (non-hydrogen) atoms. The Morgan fingerprint density at radius 2 is 2.14 bits per heavy atom. The molecule has 3 aromatic rings. The largest absolute Gasteiger partial charge is 0.276 e. The molecule has 0 spiro atoms. The molecule has 110 valence electrons. The molecule has 0 radical (unpaired) electrons. The van der Waals surface area contributed by atoms with Gasteiger partial charge in [0.15, 0.2) is 5.16 Å². The average molecular weight is 310 g/mol. The maximum atomic E-state index is 14.2. The topological polar surface area (TPSA) is 52.2 Å². The van der Waals surface area contributed by atoms with E-state index in [9.17, 15) is 13.6 Å². The summed E-state index contributed by atoms with van der Waals surface area (Å²) in [5.41, 5.74) is -0.228. The van der Waals surface area contributed by atoms with Gasteiger partial charge in [-0.2, -0.15) is 0 Å². The highest BCUT2D eigenvalue weighted by atomic mass is 32.2. The van der Waals surface area contributed by atoms with Crippen LogP contribution in [0.15, 0.2) is 28.2 Å². The van der Waals surface area contributed by atoms with E-state index in [0.29, 0.717) is 5.16 Å². The van der Waals surface area contributed by atoms with E-state index in [1.807, 2.05) is 0 Å². The van der Waals surface area contributed by atoms with E-state index in [-0.39, 0.29) is 35.2 Å². The lowest BCUT2D eigenvalue weighted by atomic mass is 10.2. The van der Waals surface area contributed by atoms with Crippen molar-refractivity contribution in [1.29, 1.82) is 0 Å². The number of hydrogen-bond acceptors (Lipinski definition) is 4. The third-order valence-corrected chi connectivity index (χ3v) is 3.87. The second-order valence-corrected chi connectivity index (χ2v) is 5.23. The van der Waals surface area contributed by atoms with Crippen LogP contribution in [-0.4, -0.2) is 32.1 Å². The Morgan fingerprint density at radius 3 is 2.86 bits per heavy atom. The van der Waals surface area contributed by atoms with Crippen molar-refractivity contribution in [2.45, 2.75) is 18.1 Å². The molecule has 0 fully saturated rings. The van der Waals surface area contributed by atoms with Gasteiger partial charge in [0, 0.05) is 6.54 Å². The van der Waals surface area contributed by atoms with Crippen LogP contribution in [0.1, 0.15) is 6.42 Å². The number of fused-ring (bicyclic) bond motifs is 3. The van der Waals surface area contributed by atoms with E-state index in [0.717, 1.165) is 0 Å². The van der Waals surface area contributed by atoms with Gasteiger partial charge in [-0.15, -0.1) is 10.2 Å². The molecule has 0 N–H and O–H groups in total. The Morgan fingerprint density at radius 1 is 1.33 bits per heavy atom. The second kappa shape index (κ2) is 5.44. The maximum Gasteiger partial charge on any atom is 0.262 e. The van der Waals surface area contributed by atoms with Crippen LogP contribution >= 0.6 is 11.8 Å². The molecule has 0 atom stereocenters. The quantitative estimate of drug-likeness (QED) is 0.694. The second-order valence-electron chi connectivity index (χ2n) is 4.46. The number of aryl methyl sites for hydroxylation is 1. The van der Waals surface area contributed by atoms with E-state index in [2.05, 4.69) is 10.2 Å². The highest BCUT2D eigenvalue weighted by Gasteiger charge is 2.18. The number of rotatable bonds is 4. The lowest BCUT2D eigenvalue weighted by Crippen LogP contribution is -2.24. The van der Waals surface area contributed by atoms with Gasteiger partial charge < -0.3 is 0 Å². The third kappa shape index (κ3) is 2.10. The van der Waals surface area contributed by atoms with Crippen LogP contribution in [0.25, 0.3) is 16.7 Å². The third-order valence-electron chi connectivity index (χ3n) is 3.24. The molecule has 1 aromatic carbocycles. The van der Waals surface area contributed by atoms with Crippen molar-refractivity contribution in [2.75, 3.05) is 12.9 Å². The minimum Gasteiger partial charge on any atom is -0.276 e. The number of thioether (sulfide) groups is 1. The molecule has 2 aromatic heterocycles.